The fourth-order valence-electron chi connectivity index (χ4n) is 6.87. The first-order valence-electron chi connectivity index (χ1n) is 12.5. The Morgan fingerprint density at radius 3 is 2.19 bits per heavy atom. The van der Waals surface area contributed by atoms with Gasteiger partial charge in [0.2, 0.25) is 17.7 Å². The summed E-state index contributed by atoms with van der Waals surface area (Å²) in [6, 6.07) is 11.4. The van der Waals surface area contributed by atoms with Crippen molar-refractivity contribution in [2.24, 2.45) is 41.4 Å². The first-order valence-corrected chi connectivity index (χ1v) is 13.2. The number of halogens is 2. The molecule has 188 valence electrons. The first-order chi connectivity index (χ1) is 17.8. The van der Waals surface area contributed by atoms with E-state index in [0.717, 1.165) is 6.42 Å². The Morgan fingerprint density at radius 2 is 1.54 bits per heavy atom. The van der Waals surface area contributed by atoms with Crippen molar-refractivity contribution < 1.29 is 23.9 Å². The number of hydrogen-bond donors (Lipinski definition) is 0. The zero-order valence-corrected chi connectivity index (χ0v) is 21.1. The number of nitrogens with zero attached hydrogens (tertiary/aromatic N) is 2. The quantitative estimate of drug-likeness (QED) is 0.248. The van der Waals surface area contributed by atoms with E-state index in [-0.39, 0.29) is 65.1 Å². The number of ether oxygens (including phenoxy) is 1. The van der Waals surface area contributed by atoms with Crippen LogP contribution in [0.2, 0.25) is 10.0 Å². The molecule has 4 fully saturated rings. The van der Waals surface area contributed by atoms with Crippen LogP contribution in [0, 0.1) is 41.4 Å². The SMILES string of the molecule is O=C(Oc1ccc(N2C(=O)[C@@H]3[C@H]4C=C[C@@H]([C@@H]5C[C@H]45)[C@H]3C2=O)cc1)[C@@H]1CC(=O)N(c2cccc(Cl)c2Cl)C1. The molecule has 3 amide bonds. The van der Waals surface area contributed by atoms with Crippen LogP contribution in [-0.2, 0) is 19.2 Å². The van der Waals surface area contributed by atoms with Crippen molar-refractivity contribution in [1.29, 1.82) is 0 Å². The third-order valence-electron chi connectivity index (χ3n) is 8.66. The second-order valence-corrected chi connectivity index (χ2v) is 11.3. The minimum absolute atomic E-state index is 0.00231. The molecule has 0 N–H and O–H groups in total. The Kier molecular flexibility index (Phi) is 5.08. The molecular weight excluding hydrogens is 515 g/mol. The highest BCUT2D eigenvalue weighted by Gasteiger charge is 2.67. The van der Waals surface area contributed by atoms with E-state index in [9.17, 15) is 19.2 Å². The summed E-state index contributed by atoms with van der Waals surface area (Å²) < 4.78 is 5.54. The molecule has 8 rings (SSSR count). The number of benzene rings is 2. The van der Waals surface area contributed by atoms with E-state index in [2.05, 4.69) is 12.2 Å². The summed E-state index contributed by atoms with van der Waals surface area (Å²) in [6.45, 7) is 0.133. The van der Waals surface area contributed by atoms with Crippen LogP contribution in [0.4, 0.5) is 11.4 Å². The summed E-state index contributed by atoms with van der Waals surface area (Å²) in [6.07, 6.45) is 5.41. The summed E-state index contributed by atoms with van der Waals surface area (Å²) in [4.78, 5) is 54.8. The zero-order valence-electron chi connectivity index (χ0n) is 19.6. The van der Waals surface area contributed by atoms with Crippen LogP contribution >= 0.6 is 23.2 Å². The Bertz CT molecular complexity index is 1370. The Hall–Kier alpha value is -3.16. The number of carbonyl (C=O) groups is 4. The zero-order chi connectivity index (χ0) is 25.6. The number of rotatable bonds is 4. The van der Waals surface area contributed by atoms with Gasteiger partial charge in [-0.25, -0.2) is 0 Å². The van der Waals surface area contributed by atoms with Gasteiger partial charge in [-0.2, -0.15) is 0 Å². The van der Waals surface area contributed by atoms with Crippen LogP contribution in [0.15, 0.2) is 54.6 Å². The van der Waals surface area contributed by atoms with Crippen molar-refractivity contribution in [1.82, 2.24) is 0 Å². The predicted molar refractivity (Wildman–Crippen MR) is 136 cm³/mol. The number of imide groups is 1. The molecular formula is C28H22Cl2N2O5. The van der Waals surface area contributed by atoms with Gasteiger partial charge in [-0.3, -0.25) is 24.1 Å². The highest BCUT2D eigenvalue weighted by atomic mass is 35.5. The molecule has 2 aromatic carbocycles. The Balaban J connectivity index is 1.04. The summed E-state index contributed by atoms with van der Waals surface area (Å²) in [5.74, 6) is -0.540. The summed E-state index contributed by atoms with van der Waals surface area (Å²) >= 11 is 12.3. The van der Waals surface area contributed by atoms with E-state index in [4.69, 9.17) is 27.9 Å². The van der Waals surface area contributed by atoms with E-state index in [1.54, 1.807) is 42.5 Å². The molecule has 0 aromatic heterocycles. The number of hydrogen-bond acceptors (Lipinski definition) is 5. The van der Waals surface area contributed by atoms with Gasteiger partial charge in [-0.15, -0.1) is 0 Å². The predicted octanol–water partition coefficient (Wildman–Crippen LogP) is 4.51. The van der Waals surface area contributed by atoms with Gasteiger partial charge in [0.15, 0.2) is 0 Å². The molecule has 0 spiro atoms. The van der Waals surface area contributed by atoms with Crippen LogP contribution in [-0.4, -0.2) is 30.2 Å². The minimum atomic E-state index is -0.665. The molecule has 0 radical (unpaired) electrons. The topological polar surface area (TPSA) is 84.0 Å². The number of carbonyl (C=O) groups excluding carboxylic acids is 4. The number of anilines is 2. The van der Waals surface area contributed by atoms with Gasteiger partial charge in [-0.05, 0) is 66.5 Å². The van der Waals surface area contributed by atoms with Crippen molar-refractivity contribution in [3.63, 3.8) is 0 Å². The molecule has 37 heavy (non-hydrogen) atoms. The van der Waals surface area contributed by atoms with Gasteiger partial charge in [0.1, 0.15) is 5.75 Å². The van der Waals surface area contributed by atoms with E-state index in [1.165, 1.54) is 9.80 Å². The van der Waals surface area contributed by atoms with Crippen molar-refractivity contribution in [2.45, 2.75) is 12.8 Å². The number of amides is 3. The van der Waals surface area contributed by atoms with Crippen LogP contribution in [0.1, 0.15) is 12.8 Å². The highest BCUT2D eigenvalue weighted by Crippen LogP contribution is 2.65. The van der Waals surface area contributed by atoms with Gasteiger partial charge in [0.05, 0.1) is 39.2 Å². The van der Waals surface area contributed by atoms with Gasteiger partial charge >= 0.3 is 5.97 Å². The van der Waals surface area contributed by atoms with Crippen LogP contribution < -0.4 is 14.5 Å². The van der Waals surface area contributed by atoms with Crippen molar-refractivity contribution >= 4 is 58.3 Å². The summed E-state index contributed by atoms with van der Waals surface area (Å²) in [5.41, 5.74) is 0.940. The standard InChI is InChI=1S/C28H22Cl2N2O5/c29-20-2-1-3-21(25(20)30)31-12-13(10-22(31)33)28(36)37-15-6-4-14(5-7-15)32-26(34)23-16-8-9-17(19-11-18(16)19)24(23)27(32)35/h1-9,13,16-19,23-24H,10-12H2/t13-,16+,17+,18-,19+,23-,24-/m1/s1. The smallest absolute Gasteiger partial charge is 0.316 e. The van der Waals surface area contributed by atoms with Gasteiger partial charge in [0, 0.05) is 13.0 Å². The highest BCUT2D eigenvalue weighted by molar-refractivity contribution is 6.44. The molecule has 7 nitrogen and oxygen atoms in total. The molecule has 2 aromatic rings. The maximum atomic E-state index is 13.3. The van der Waals surface area contributed by atoms with E-state index in [1.807, 2.05) is 0 Å². The summed E-state index contributed by atoms with van der Waals surface area (Å²) in [5, 5.41) is 0.585. The average molecular weight is 537 g/mol. The molecule has 9 heteroatoms. The van der Waals surface area contributed by atoms with Crippen molar-refractivity contribution in [2.75, 3.05) is 16.3 Å². The Morgan fingerprint density at radius 1 is 0.892 bits per heavy atom. The third kappa shape index (κ3) is 3.40. The third-order valence-corrected chi connectivity index (χ3v) is 9.47. The normalized spacial score (nSPS) is 33.1. The van der Waals surface area contributed by atoms with E-state index < -0.39 is 11.9 Å². The second kappa shape index (κ2) is 8.17. The first kappa shape index (κ1) is 23.0. The van der Waals surface area contributed by atoms with Crippen molar-refractivity contribution in [3.05, 3.63) is 64.7 Å². The van der Waals surface area contributed by atoms with Gasteiger partial charge < -0.3 is 9.64 Å². The fourth-order valence-corrected chi connectivity index (χ4v) is 7.27. The monoisotopic (exact) mass is 536 g/mol. The molecule has 0 unspecified atom stereocenters. The average Bonchev–Trinajstić information content (AvgIpc) is 3.57. The lowest BCUT2D eigenvalue weighted by molar-refractivity contribution is -0.139. The molecule has 6 aliphatic rings. The maximum absolute atomic E-state index is 13.3. The van der Waals surface area contributed by atoms with E-state index >= 15 is 0 Å². The fraction of sp³-hybridized carbons (Fsp3) is 0.357. The largest absolute Gasteiger partial charge is 0.426 e. The maximum Gasteiger partial charge on any atom is 0.316 e. The molecule has 2 heterocycles. The lowest BCUT2D eigenvalue weighted by Gasteiger charge is -2.37. The van der Waals surface area contributed by atoms with Crippen LogP contribution in [0.3, 0.4) is 0 Å². The molecule has 4 aliphatic carbocycles. The minimum Gasteiger partial charge on any atom is -0.426 e. The molecule has 2 aliphatic heterocycles. The second-order valence-electron chi connectivity index (χ2n) is 10.6. The molecule has 2 saturated carbocycles. The van der Waals surface area contributed by atoms with E-state index in [0.29, 0.717) is 28.2 Å². The lowest BCUT2D eigenvalue weighted by atomic mass is 9.63. The van der Waals surface area contributed by atoms with Crippen LogP contribution in [0.25, 0.3) is 0 Å². The molecule has 2 saturated heterocycles. The lowest BCUT2D eigenvalue weighted by Crippen LogP contribution is -2.40. The number of allylic oxidation sites excluding steroid dienone is 2. The van der Waals surface area contributed by atoms with Crippen molar-refractivity contribution in [3.8, 4) is 5.75 Å². The molecule has 7 atom stereocenters. The van der Waals surface area contributed by atoms with Gasteiger partial charge in [0.25, 0.3) is 0 Å². The van der Waals surface area contributed by atoms with Crippen LogP contribution in [0.5, 0.6) is 5.75 Å². The Labute approximate surface area is 222 Å². The summed E-state index contributed by atoms with van der Waals surface area (Å²) in [7, 11) is 0. The van der Waals surface area contributed by atoms with Gasteiger partial charge in [-0.1, -0.05) is 41.4 Å². The number of esters is 1. The molecule has 2 bridgehead atoms.